The number of hydrogen-bond donors (Lipinski definition) is 0. The number of nitroso groups, excluding NO2 is 1. The van der Waals surface area contributed by atoms with Crippen molar-refractivity contribution in [1.82, 2.24) is 0 Å². The molecule has 6 heteroatoms. The number of nitrogens with zero attached hydrogens (tertiary/aromatic N) is 1. The van der Waals surface area contributed by atoms with Crippen molar-refractivity contribution in [2.75, 3.05) is 6.26 Å². The SMILES string of the molecule is Cc1c(Br)ccc(S(C)(=O)=O)c1CN=O. The maximum atomic E-state index is 11.4. The first kappa shape index (κ1) is 12.3. The Labute approximate surface area is 96.7 Å². The highest BCUT2D eigenvalue weighted by Crippen LogP contribution is 2.26. The Morgan fingerprint density at radius 2 is 2.00 bits per heavy atom. The normalized spacial score (nSPS) is 11.4. The Bertz CT molecular complexity index is 496. The molecule has 0 N–H and O–H groups in total. The third kappa shape index (κ3) is 2.63. The van der Waals surface area contributed by atoms with Gasteiger partial charge in [-0.3, -0.25) is 0 Å². The lowest BCUT2D eigenvalue weighted by molar-refractivity contribution is 0.600. The Morgan fingerprint density at radius 3 is 2.47 bits per heavy atom. The highest BCUT2D eigenvalue weighted by atomic mass is 79.9. The second-order valence-electron chi connectivity index (χ2n) is 3.21. The van der Waals surface area contributed by atoms with Gasteiger partial charge in [0.05, 0.1) is 4.90 Å². The van der Waals surface area contributed by atoms with Crippen molar-refractivity contribution >= 4 is 25.8 Å². The van der Waals surface area contributed by atoms with Gasteiger partial charge in [0.2, 0.25) is 0 Å². The van der Waals surface area contributed by atoms with E-state index in [1.807, 2.05) is 0 Å². The van der Waals surface area contributed by atoms with Crippen molar-refractivity contribution in [3.8, 4) is 0 Å². The van der Waals surface area contributed by atoms with Gasteiger partial charge in [0, 0.05) is 10.7 Å². The van der Waals surface area contributed by atoms with Crippen LogP contribution < -0.4 is 0 Å². The van der Waals surface area contributed by atoms with E-state index in [-0.39, 0.29) is 11.4 Å². The third-order valence-corrected chi connectivity index (χ3v) is 4.15. The molecule has 0 saturated carbocycles. The zero-order valence-electron chi connectivity index (χ0n) is 8.32. The monoisotopic (exact) mass is 291 g/mol. The van der Waals surface area contributed by atoms with Gasteiger partial charge < -0.3 is 0 Å². The van der Waals surface area contributed by atoms with Gasteiger partial charge in [-0.05, 0) is 30.2 Å². The lowest BCUT2D eigenvalue weighted by atomic mass is 10.1. The number of halogens is 1. The number of sulfone groups is 1. The topological polar surface area (TPSA) is 63.6 Å². The van der Waals surface area contributed by atoms with Crippen molar-refractivity contribution in [1.29, 1.82) is 0 Å². The van der Waals surface area contributed by atoms with Gasteiger partial charge in [0.1, 0.15) is 6.54 Å². The molecule has 0 heterocycles. The molecular formula is C9H10BrNO3S. The first-order chi connectivity index (χ1) is 6.88. The Kier molecular flexibility index (Phi) is 3.62. The van der Waals surface area contributed by atoms with E-state index in [4.69, 9.17) is 0 Å². The zero-order chi connectivity index (χ0) is 11.6. The quantitative estimate of drug-likeness (QED) is 0.804. The molecule has 0 fully saturated rings. The smallest absolute Gasteiger partial charge is 0.175 e. The van der Waals surface area contributed by atoms with Crippen molar-refractivity contribution in [3.05, 3.63) is 32.6 Å². The summed E-state index contributed by atoms with van der Waals surface area (Å²) in [6.07, 6.45) is 1.12. The van der Waals surface area contributed by atoms with Crippen molar-refractivity contribution in [2.24, 2.45) is 5.18 Å². The maximum absolute atomic E-state index is 11.4. The Balaban J connectivity index is 3.53. The molecule has 1 aromatic rings. The highest BCUT2D eigenvalue weighted by Gasteiger charge is 2.16. The van der Waals surface area contributed by atoms with E-state index < -0.39 is 9.84 Å². The maximum Gasteiger partial charge on any atom is 0.175 e. The van der Waals surface area contributed by atoms with E-state index >= 15 is 0 Å². The summed E-state index contributed by atoms with van der Waals surface area (Å²) < 4.78 is 23.6. The zero-order valence-corrected chi connectivity index (χ0v) is 10.7. The molecule has 82 valence electrons. The van der Waals surface area contributed by atoms with Crippen LogP contribution in [0.25, 0.3) is 0 Å². The molecule has 1 aromatic carbocycles. The average Bonchev–Trinajstić information content (AvgIpc) is 2.11. The second-order valence-corrected chi connectivity index (χ2v) is 6.05. The van der Waals surface area contributed by atoms with E-state index in [1.54, 1.807) is 13.0 Å². The molecule has 0 saturated heterocycles. The summed E-state index contributed by atoms with van der Waals surface area (Å²) in [5.41, 5.74) is 1.19. The molecule has 0 spiro atoms. The second kappa shape index (κ2) is 4.40. The molecule has 0 radical (unpaired) electrons. The summed E-state index contributed by atoms with van der Waals surface area (Å²) in [6.45, 7) is 1.62. The van der Waals surface area contributed by atoms with Gasteiger partial charge >= 0.3 is 0 Å². The third-order valence-electron chi connectivity index (χ3n) is 2.11. The minimum atomic E-state index is -3.31. The van der Waals surface area contributed by atoms with Gasteiger partial charge in [-0.15, -0.1) is 0 Å². The summed E-state index contributed by atoms with van der Waals surface area (Å²) in [4.78, 5) is 10.4. The molecule has 4 nitrogen and oxygen atoms in total. The molecule has 0 aliphatic carbocycles. The first-order valence-electron chi connectivity index (χ1n) is 4.15. The molecule has 0 aromatic heterocycles. The molecule has 0 atom stereocenters. The molecule has 0 amide bonds. The Hall–Kier alpha value is -0.750. The lowest BCUT2D eigenvalue weighted by Gasteiger charge is -2.09. The molecule has 0 unspecified atom stereocenters. The summed E-state index contributed by atoms with van der Waals surface area (Å²) in [7, 11) is -3.31. The predicted molar refractivity (Wildman–Crippen MR) is 61.5 cm³/mol. The molecule has 0 bridgehead atoms. The lowest BCUT2D eigenvalue weighted by Crippen LogP contribution is -2.04. The van der Waals surface area contributed by atoms with Crippen LogP contribution >= 0.6 is 15.9 Å². The minimum Gasteiger partial charge on any atom is -0.224 e. The standard InChI is InChI=1S/C9H10BrNO3S/c1-6-7(5-11-12)9(15(2,13)14)4-3-8(6)10/h3-4H,5H2,1-2H3. The Morgan fingerprint density at radius 1 is 1.40 bits per heavy atom. The van der Waals surface area contributed by atoms with E-state index in [9.17, 15) is 13.3 Å². The fraction of sp³-hybridized carbons (Fsp3) is 0.333. The van der Waals surface area contributed by atoms with Gasteiger partial charge in [-0.25, -0.2) is 8.42 Å². The summed E-state index contributed by atoms with van der Waals surface area (Å²) in [6, 6.07) is 3.13. The summed E-state index contributed by atoms with van der Waals surface area (Å²) >= 11 is 3.28. The average molecular weight is 292 g/mol. The molecule has 1 rings (SSSR count). The van der Waals surface area contributed by atoms with Gasteiger partial charge in [-0.1, -0.05) is 21.1 Å². The van der Waals surface area contributed by atoms with Crippen LogP contribution in [0.1, 0.15) is 11.1 Å². The van der Waals surface area contributed by atoms with E-state index in [2.05, 4.69) is 21.1 Å². The van der Waals surface area contributed by atoms with Crippen molar-refractivity contribution in [2.45, 2.75) is 18.4 Å². The predicted octanol–water partition coefficient (Wildman–Crippen LogP) is 2.43. The van der Waals surface area contributed by atoms with Crippen LogP contribution in [0.4, 0.5) is 0 Å². The van der Waals surface area contributed by atoms with Crippen LogP contribution in [0.3, 0.4) is 0 Å². The van der Waals surface area contributed by atoms with Crippen LogP contribution in [-0.2, 0) is 16.4 Å². The number of rotatable bonds is 3. The van der Waals surface area contributed by atoms with E-state index in [0.717, 1.165) is 16.3 Å². The van der Waals surface area contributed by atoms with Crippen LogP contribution in [0.15, 0.2) is 26.7 Å². The largest absolute Gasteiger partial charge is 0.224 e. The van der Waals surface area contributed by atoms with Gasteiger partial charge in [0.15, 0.2) is 9.84 Å². The minimum absolute atomic E-state index is 0.131. The number of benzene rings is 1. The van der Waals surface area contributed by atoms with Gasteiger partial charge in [0.25, 0.3) is 0 Å². The van der Waals surface area contributed by atoms with E-state index in [1.165, 1.54) is 6.07 Å². The fourth-order valence-electron chi connectivity index (χ4n) is 1.31. The molecule has 15 heavy (non-hydrogen) atoms. The van der Waals surface area contributed by atoms with Crippen molar-refractivity contribution < 1.29 is 8.42 Å². The fourth-order valence-corrected chi connectivity index (χ4v) is 2.66. The molecular weight excluding hydrogens is 282 g/mol. The molecule has 0 aliphatic rings. The van der Waals surface area contributed by atoms with Crippen LogP contribution in [-0.4, -0.2) is 14.7 Å². The molecule has 0 aliphatic heterocycles. The first-order valence-corrected chi connectivity index (χ1v) is 6.83. The van der Waals surface area contributed by atoms with Crippen LogP contribution in [0.2, 0.25) is 0 Å². The highest BCUT2D eigenvalue weighted by molar-refractivity contribution is 9.10. The van der Waals surface area contributed by atoms with Crippen molar-refractivity contribution in [3.63, 3.8) is 0 Å². The van der Waals surface area contributed by atoms with E-state index in [0.29, 0.717) is 5.56 Å². The van der Waals surface area contributed by atoms with Crippen LogP contribution in [0.5, 0.6) is 0 Å². The van der Waals surface area contributed by atoms with Gasteiger partial charge in [-0.2, -0.15) is 4.91 Å². The summed E-state index contributed by atoms with van der Waals surface area (Å²) in [5.74, 6) is 0. The van der Waals surface area contributed by atoms with Crippen LogP contribution in [0, 0.1) is 11.8 Å². The number of hydrogen-bond acceptors (Lipinski definition) is 4. The summed E-state index contributed by atoms with van der Waals surface area (Å²) in [5, 5.41) is 2.75.